The Morgan fingerprint density at radius 2 is 1.80 bits per heavy atom. The molecule has 2 heterocycles. The Morgan fingerprint density at radius 3 is 2.37 bits per heavy atom. The summed E-state index contributed by atoms with van der Waals surface area (Å²) >= 11 is 0. The second-order valence-electron chi connectivity index (χ2n) is 6.23. The van der Waals surface area contributed by atoms with Crippen molar-refractivity contribution >= 4 is 17.6 Å². The first kappa shape index (κ1) is 21.0. The summed E-state index contributed by atoms with van der Waals surface area (Å²) in [5, 5.41) is 6.34. The lowest BCUT2D eigenvalue weighted by Gasteiger charge is -2.13. The Balaban J connectivity index is 1.86. The molecule has 10 heteroatoms. The maximum absolute atomic E-state index is 13.6. The van der Waals surface area contributed by atoms with Gasteiger partial charge in [0.2, 0.25) is 0 Å². The van der Waals surface area contributed by atoms with E-state index in [4.69, 9.17) is 0 Å². The molecular weight excluding hydrogens is 401 g/mol. The van der Waals surface area contributed by atoms with E-state index in [0.717, 1.165) is 11.9 Å². The molecule has 0 unspecified atom stereocenters. The van der Waals surface area contributed by atoms with Gasteiger partial charge in [0.25, 0.3) is 5.91 Å². The van der Waals surface area contributed by atoms with Gasteiger partial charge >= 0.3 is 12.1 Å². The first-order valence-electron chi connectivity index (χ1n) is 8.87. The van der Waals surface area contributed by atoms with Gasteiger partial charge in [-0.1, -0.05) is 0 Å². The summed E-state index contributed by atoms with van der Waals surface area (Å²) in [5.41, 5.74) is -0.367. The fraction of sp³-hybridized carbons (Fsp3) is 0.200. The maximum Gasteiger partial charge on any atom is 0.434 e. The van der Waals surface area contributed by atoms with E-state index in [-0.39, 0.29) is 12.3 Å². The Morgan fingerprint density at radius 1 is 1.10 bits per heavy atom. The number of rotatable bonds is 5. The third-order valence-electron chi connectivity index (χ3n) is 4.08. The zero-order chi connectivity index (χ0) is 21.9. The van der Waals surface area contributed by atoms with E-state index >= 15 is 0 Å². The Hall–Kier alpha value is -3.69. The highest BCUT2D eigenvalue weighted by Crippen LogP contribution is 2.34. The maximum atomic E-state index is 13.6. The summed E-state index contributed by atoms with van der Waals surface area (Å²) in [6, 6.07) is 8.86. The van der Waals surface area contributed by atoms with Crippen LogP contribution < -0.4 is 5.32 Å². The molecule has 7 nitrogen and oxygen atoms in total. The number of carbonyl (C=O) groups excluding carboxylic acids is 2. The number of nitrogens with zero attached hydrogens (tertiary/aromatic N) is 3. The molecule has 1 amide bonds. The lowest BCUT2D eigenvalue weighted by Crippen LogP contribution is -2.18. The number of anilines is 1. The Kier molecular flexibility index (Phi) is 5.86. The number of carbonyl (C=O) groups is 2. The molecule has 0 fully saturated rings. The summed E-state index contributed by atoms with van der Waals surface area (Å²) < 4.78 is 46.0. The van der Waals surface area contributed by atoms with Crippen LogP contribution in [0.2, 0.25) is 0 Å². The number of benzene rings is 1. The van der Waals surface area contributed by atoms with Crippen LogP contribution in [0.25, 0.3) is 5.69 Å². The van der Waals surface area contributed by atoms with Crippen molar-refractivity contribution in [2.45, 2.75) is 20.0 Å². The number of nitrogens with one attached hydrogen (secondary N) is 1. The highest BCUT2D eigenvalue weighted by Gasteiger charge is 2.41. The van der Waals surface area contributed by atoms with Crippen LogP contribution in [-0.2, 0) is 10.9 Å². The van der Waals surface area contributed by atoms with E-state index < -0.39 is 29.3 Å². The third kappa shape index (κ3) is 4.48. The summed E-state index contributed by atoms with van der Waals surface area (Å²) in [6.07, 6.45) is -2.58. The third-order valence-corrected chi connectivity index (χ3v) is 4.08. The fourth-order valence-corrected chi connectivity index (χ4v) is 2.67. The summed E-state index contributed by atoms with van der Waals surface area (Å²) in [7, 11) is 0. The van der Waals surface area contributed by atoms with E-state index in [0.29, 0.717) is 15.9 Å². The van der Waals surface area contributed by atoms with Crippen LogP contribution >= 0.6 is 0 Å². The molecule has 0 atom stereocenters. The predicted molar refractivity (Wildman–Crippen MR) is 101 cm³/mol. The molecule has 0 bridgehead atoms. The van der Waals surface area contributed by atoms with Gasteiger partial charge in [-0.05, 0) is 50.2 Å². The van der Waals surface area contributed by atoms with Gasteiger partial charge in [-0.2, -0.15) is 18.3 Å². The minimum atomic E-state index is -4.83. The lowest BCUT2D eigenvalue weighted by molar-refractivity contribution is -0.143. The summed E-state index contributed by atoms with van der Waals surface area (Å²) in [5.74, 6) is -1.51. The highest BCUT2D eigenvalue weighted by atomic mass is 19.4. The second-order valence-corrected chi connectivity index (χ2v) is 6.23. The molecule has 0 aliphatic heterocycles. The zero-order valence-electron chi connectivity index (χ0n) is 16.0. The minimum absolute atomic E-state index is 0.0628. The molecule has 0 saturated heterocycles. The van der Waals surface area contributed by atoms with Gasteiger partial charge in [0.1, 0.15) is 5.56 Å². The normalized spacial score (nSPS) is 11.2. The van der Waals surface area contributed by atoms with Crippen LogP contribution in [0.3, 0.4) is 0 Å². The molecule has 1 N–H and O–H groups in total. The van der Waals surface area contributed by atoms with Gasteiger partial charge in [-0.25, -0.2) is 9.48 Å². The van der Waals surface area contributed by atoms with Crippen LogP contribution in [0.4, 0.5) is 18.9 Å². The number of aryl methyl sites for hydroxylation is 1. The van der Waals surface area contributed by atoms with E-state index in [1.54, 1.807) is 19.1 Å². The molecule has 2 aromatic heterocycles. The molecule has 3 aromatic rings. The number of halogens is 3. The van der Waals surface area contributed by atoms with Gasteiger partial charge in [0, 0.05) is 17.6 Å². The molecule has 3 rings (SSSR count). The SMILES string of the molecule is CCOC(=O)c1cnn(-c2ccc(NC(=O)c3ccc(C)nc3)cc2)c1C(F)(F)F. The minimum Gasteiger partial charge on any atom is -0.462 e. The number of amides is 1. The van der Waals surface area contributed by atoms with E-state index in [1.165, 1.54) is 37.4 Å². The largest absolute Gasteiger partial charge is 0.462 e. The molecule has 0 saturated carbocycles. The van der Waals surface area contributed by atoms with E-state index in [2.05, 4.69) is 20.1 Å². The lowest BCUT2D eigenvalue weighted by atomic mass is 10.2. The van der Waals surface area contributed by atoms with Crippen LogP contribution in [-0.4, -0.2) is 33.2 Å². The molecule has 156 valence electrons. The van der Waals surface area contributed by atoms with Crippen molar-refractivity contribution in [3.05, 3.63) is 71.3 Å². The standard InChI is InChI=1S/C20H17F3N4O3/c1-3-30-19(29)16-11-25-27(17(16)20(21,22)23)15-8-6-14(7-9-15)26-18(28)13-5-4-12(2)24-10-13/h4-11H,3H2,1-2H3,(H,26,28). The van der Waals surface area contributed by atoms with E-state index in [9.17, 15) is 22.8 Å². The van der Waals surface area contributed by atoms with Gasteiger partial charge in [0.15, 0.2) is 5.69 Å². The van der Waals surface area contributed by atoms with Crippen molar-refractivity contribution in [2.75, 3.05) is 11.9 Å². The smallest absolute Gasteiger partial charge is 0.434 e. The van der Waals surface area contributed by atoms with Crippen LogP contribution in [0, 0.1) is 6.92 Å². The van der Waals surface area contributed by atoms with Gasteiger partial charge in [-0.3, -0.25) is 9.78 Å². The van der Waals surface area contributed by atoms with Crippen LogP contribution in [0.15, 0.2) is 48.8 Å². The number of alkyl halides is 3. The van der Waals surface area contributed by atoms with Crippen molar-refractivity contribution in [1.82, 2.24) is 14.8 Å². The average molecular weight is 418 g/mol. The molecule has 0 aliphatic carbocycles. The molecule has 30 heavy (non-hydrogen) atoms. The van der Waals surface area contributed by atoms with Gasteiger partial charge < -0.3 is 10.1 Å². The summed E-state index contributed by atoms with van der Waals surface area (Å²) in [6.45, 7) is 3.22. The number of hydrogen-bond donors (Lipinski definition) is 1. The van der Waals surface area contributed by atoms with Gasteiger partial charge in [-0.15, -0.1) is 0 Å². The topological polar surface area (TPSA) is 86.1 Å². The summed E-state index contributed by atoms with van der Waals surface area (Å²) in [4.78, 5) is 28.1. The average Bonchev–Trinajstić information content (AvgIpc) is 3.15. The van der Waals surface area contributed by atoms with Crippen molar-refractivity contribution < 1.29 is 27.5 Å². The van der Waals surface area contributed by atoms with Crippen molar-refractivity contribution in [2.24, 2.45) is 0 Å². The molecule has 0 aliphatic rings. The number of pyridine rings is 1. The predicted octanol–water partition coefficient (Wildman–Crippen LogP) is 4.02. The first-order chi connectivity index (χ1) is 14.2. The zero-order valence-corrected chi connectivity index (χ0v) is 16.0. The van der Waals surface area contributed by atoms with E-state index in [1.807, 2.05) is 0 Å². The van der Waals surface area contributed by atoms with Crippen molar-refractivity contribution in [3.8, 4) is 5.69 Å². The number of esters is 1. The Bertz CT molecular complexity index is 1060. The number of ether oxygens (including phenoxy) is 1. The molecular formula is C20H17F3N4O3. The van der Waals surface area contributed by atoms with Crippen LogP contribution in [0.5, 0.6) is 0 Å². The number of aromatic nitrogens is 3. The quantitative estimate of drug-likeness (QED) is 0.633. The van der Waals surface area contributed by atoms with Gasteiger partial charge in [0.05, 0.1) is 24.1 Å². The Labute approximate surface area is 169 Å². The molecule has 0 radical (unpaired) electrons. The highest BCUT2D eigenvalue weighted by molar-refractivity contribution is 6.04. The number of hydrogen-bond acceptors (Lipinski definition) is 5. The fourth-order valence-electron chi connectivity index (χ4n) is 2.67. The van der Waals surface area contributed by atoms with Crippen LogP contribution in [0.1, 0.15) is 39.0 Å². The second kappa shape index (κ2) is 8.36. The molecule has 0 spiro atoms. The first-order valence-corrected chi connectivity index (χ1v) is 8.87. The van der Waals surface area contributed by atoms with Crippen molar-refractivity contribution in [3.63, 3.8) is 0 Å². The molecule has 1 aromatic carbocycles. The van der Waals surface area contributed by atoms with Crippen molar-refractivity contribution in [1.29, 1.82) is 0 Å². The monoisotopic (exact) mass is 418 g/mol.